The molecule has 0 aromatic rings. The lowest BCUT2D eigenvalue weighted by Gasteiger charge is -2.40. The average Bonchev–Trinajstić information content (AvgIpc) is 2.79. The zero-order chi connectivity index (χ0) is 47.4. The summed E-state index contributed by atoms with van der Waals surface area (Å²) in [5.41, 5.74) is 1.97. The van der Waals surface area contributed by atoms with E-state index in [4.69, 9.17) is 41.2 Å². The SMILES string of the molecule is C.C.C.C.C.C.C.C.C.C.C.C.C.C.C.C.C.C.C=C[Si](C)(C)O[Si](C)(C)O[Si](C)(C)C.C[SiH](C)O[Si](C)(C)O[SiH](C)O[Si](C)(C)C.C[SiH](O[Si](C)(C)O[Si](C)(C)C)O[Si](C)(CC[Si](C)(C)O[Si](C)(C)C)O[Si](C)(C)C. The van der Waals surface area contributed by atoms with E-state index in [1.165, 1.54) is 0 Å². The minimum Gasteiger partial charge on any atom is -0.456 e. The van der Waals surface area contributed by atoms with Gasteiger partial charge in [0.2, 0.25) is 0 Å². The third-order valence-electron chi connectivity index (χ3n) is 6.74. The van der Waals surface area contributed by atoms with E-state index in [1.54, 1.807) is 0 Å². The fourth-order valence-electron chi connectivity index (χ4n) is 6.68. The summed E-state index contributed by atoms with van der Waals surface area (Å²) in [6.45, 7) is 69.9. The van der Waals surface area contributed by atoms with Gasteiger partial charge in [0, 0.05) is 0 Å². The molecule has 0 bridgehead atoms. The van der Waals surface area contributed by atoms with Gasteiger partial charge < -0.3 is 41.2 Å². The van der Waals surface area contributed by atoms with E-state index in [-0.39, 0.29) is 134 Å². The van der Waals surface area contributed by atoms with E-state index in [1.807, 2.05) is 5.70 Å². The summed E-state index contributed by atoms with van der Waals surface area (Å²) in [5, 5.41) is 0. The van der Waals surface area contributed by atoms with Crippen LogP contribution in [0, 0.1) is 0 Å². The molecular formula is C52H172O10Si14. The van der Waals surface area contributed by atoms with Crippen molar-refractivity contribution in [1.29, 1.82) is 0 Å². The molecule has 0 saturated carbocycles. The van der Waals surface area contributed by atoms with Crippen molar-refractivity contribution in [2.24, 2.45) is 0 Å². The Morgan fingerprint density at radius 3 is 0.829 bits per heavy atom. The Morgan fingerprint density at radius 1 is 0.289 bits per heavy atom. The van der Waals surface area contributed by atoms with Crippen molar-refractivity contribution in [1.82, 2.24) is 0 Å². The lowest BCUT2D eigenvalue weighted by molar-refractivity contribution is 0.315. The molecule has 3 unspecified atom stereocenters. The van der Waals surface area contributed by atoms with Gasteiger partial charge >= 0.3 is 43.5 Å². The molecule has 0 aromatic heterocycles. The summed E-state index contributed by atoms with van der Waals surface area (Å²) >= 11 is 0. The molecular weight excluding hydrogens is 1180 g/mol. The van der Waals surface area contributed by atoms with Gasteiger partial charge in [-0.15, -0.1) is 6.58 Å². The Kier molecular flexibility index (Phi) is 104. The molecule has 0 aliphatic heterocycles. The van der Waals surface area contributed by atoms with Crippen molar-refractivity contribution in [3.8, 4) is 0 Å². The van der Waals surface area contributed by atoms with Crippen LogP contribution in [0.4, 0.5) is 0 Å². The van der Waals surface area contributed by atoms with E-state index >= 15 is 0 Å². The second kappa shape index (κ2) is 55.3. The van der Waals surface area contributed by atoms with Crippen molar-refractivity contribution in [2.75, 3.05) is 0 Å². The van der Waals surface area contributed by atoms with E-state index in [0.29, 0.717) is 0 Å². The van der Waals surface area contributed by atoms with Crippen LogP contribution in [-0.2, 0) is 41.2 Å². The van der Waals surface area contributed by atoms with Crippen molar-refractivity contribution in [2.45, 2.75) is 342 Å². The van der Waals surface area contributed by atoms with Crippen LogP contribution in [0.15, 0.2) is 12.3 Å². The molecule has 0 aromatic carbocycles. The molecule has 496 valence electrons. The lowest BCUT2D eigenvalue weighted by atomic mass is 10.9. The maximum atomic E-state index is 6.71. The highest BCUT2D eigenvalue weighted by Gasteiger charge is 2.43. The first-order chi connectivity index (χ1) is 24.9. The second-order valence-corrected chi connectivity index (χ2v) is 76.3. The lowest BCUT2D eigenvalue weighted by Crippen LogP contribution is -2.55. The largest absolute Gasteiger partial charge is 0.456 e. The van der Waals surface area contributed by atoms with Crippen LogP contribution >= 0.6 is 0 Å². The van der Waals surface area contributed by atoms with Crippen molar-refractivity contribution >= 4 is 120 Å². The van der Waals surface area contributed by atoms with Crippen LogP contribution in [-0.4, -0.2) is 120 Å². The summed E-state index contributed by atoms with van der Waals surface area (Å²) < 4.78 is 63.0. The molecule has 0 fully saturated rings. The van der Waals surface area contributed by atoms with Crippen molar-refractivity contribution in [3.05, 3.63) is 12.3 Å². The molecule has 10 nitrogen and oxygen atoms in total. The zero-order valence-corrected chi connectivity index (χ0v) is 58.5. The molecule has 0 saturated heterocycles. The third kappa shape index (κ3) is 95.6. The van der Waals surface area contributed by atoms with Crippen LogP contribution < -0.4 is 0 Å². The van der Waals surface area contributed by atoms with Gasteiger partial charge in [-0.25, -0.2) is 0 Å². The van der Waals surface area contributed by atoms with E-state index in [0.717, 1.165) is 12.1 Å². The van der Waals surface area contributed by atoms with Gasteiger partial charge in [0.1, 0.15) is 0 Å². The zero-order valence-electron chi connectivity index (χ0n) is 44.0. The fraction of sp³-hybridized carbons (Fsp3) is 0.962. The molecule has 0 aliphatic rings. The Balaban J connectivity index is -0.0000000300. The minimum atomic E-state index is -2.34. The Labute approximate surface area is 512 Å². The minimum absolute atomic E-state index is 0. The third-order valence-corrected chi connectivity index (χ3v) is 51.4. The van der Waals surface area contributed by atoms with Gasteiger partial charge in [-0.1, -0.05) is 139 Å². The van der Waals surface area contributed by atoms with Gasteiger partial charge in [-0.05, 0) is 208 Å². The standard InChI is InChI=1S/C17H50O5Si7.C9H24O2Si3.C8H26O3Si4.18CH4/c1-23(18-28(13,14)21-25(5,6)7)19-29(15,22-26(8,9)10)17-16-27(11,12)20-24(2,3)4;1-9-13(5,6)11-14(7,8)10-12(2,3)4;1-12(2)9-15(7,8)11-13(3)10-14(4,5)6;;;;;;;;;;;;;;;;;;/h23H,16-17H2,1-15H3;9H,1H2,2-8H3;12-13H,1-8H3;18*1H4. The molecule has 24 heteroatoms. The average molecular weight is 1350 g/mol. The number of hydrogen-bond donors (Lipinski definition) is 0. The van der Waals surface area contributed by atoms with Gasteiger partial charge in [0.25, 0.3) is 9.28 Å². The summed E-state index contributed by atoms with van der Waals surface area (Å²) in [6, 6.07) is 2.07. The molecule has 0 rings (SSSR count). The summed E-state index contributed by atoms with van der Waals surface area (Å²) in [4.78, 5) is 0. The Hall–Kier alpha value is 2.38. The topological polar surface area (TPSA) is 92.3 Å². The van der Waals surface area contributed by atoms with E-state index in [9.17, 15) is 0 Å². The first-order valence-corrected chi connectivity index (χ1v) is 62.5. The molecule has 3 atom stereocenters. The molecule has 0 spiro atoms. The number of hydrogen-bond acceptors (Lipinski definition) is 10. The van der Waals surface area contributed by atoms with Gasteiger partial charge in [0.15, 0.2) is 67.3 Å². The van der Waals surface area contributed by atoms with Crippen LogP contribution in [0.5, 0.6) is 0 Å². The highest BCUT2D eigenvalue weighted by Crippen LogP contribution is 2.29. The van der Waals surface area contributed by atoms with Crippen LogP contribution in [0.1, 0.15) is 134 Å². The van der Waals surface area contributed by atoms with Crippen molar-refractivity contribution in [3.63, 3.8) is 0 Å². The maximum Gasteiger partial charge on any atom is 0.315 e. The Bertz CT molecular complexity index is 1190. The van der Waals surface area contributed by atoms with Crippen molar-refractivity contribution < 1.29 is 41.2 Å². The van der Waals surface area contributed by atoms with Crippen LogP contribution in [0.3, 0.4) is 0 Å². The Morgan fingerprint density at radius 2 is 0.566 bits per heavy atom. The van der Waals surface area contributed by atoms with E-state index in [2.05, 4.69) is 203 Å². The molecule has 0 radical (unpaired) electrons. The normalized spacial score (nSPS) is 12.6. The smallest absolute Gasteiger partial charge is 0.315 e. The summed E-state index contributed by atoms with van der Waals surface area (Å²) in [7, 11) is -24.0. The highest BCUT2D eigenvalue weighted by molar-refractivity contribution is 6.90. The molecule has 0 amide bonds. The monoisotopic (exact) mass is 1350 g/mol. The first-order valence-electron chi connectivity index (χ1n) is 21.5. The van der Waals surface area contributed by atoms with Crippen LogP contribution in [0.2, 0.25) is 208 Å². The van der Waals surface area contributed by atoms with Gasteiger partial charge in [0.05, 0.1) is 0 Å². The summed E-state index contributed by atoms with van der Waals surface area (Å²) in [6.07, 6.45) is 0. The molecule has 0 heterocycles. The van der Waals surface area contributed by atoms with E-state index < -0.39 is 120 Å². The quantitative estimate of drug-likeness (QED) is 0.0870. The molecule has 76 heavy (non-hydrogen) atoms. The highest BCUT2D eigenvalue weighted by atomic mass is 28.5. The molecule has 0 aliphatic carbocycles. The number of rotatable bonds is 24. The second-order valence-electron chi connectivity index (χ2n) is 23.2. The fourth-order valence-corrected chi connectivity index (χ4v) is 62.7. The predicted octanol–water partition coefficient (Wildman–Crippen LogP) is 23.7. The predicted molar refractivity (Wildman–Crippen MR) is 412 cm³/mol. The summed E-state index contributed by atoms with van der Waals surface area (Å²) in [5.74, 6) is 0. The van der Waals surface area contributed by atoms with Gasteiger partial charge in [-0.3, -0.25) is 0 Å². The first kappa shape index (κ1) is 143. The maximum absolute atomic E-state index is 6.71. The molecule has 0 N–H and O–H groups in total. The van der Waals surface area contributed by atoms with Gasteiger partial charge in [-0.2, -0.15) is 0 Å². The van der Waals surface area contributed by atoms with Crippen LogP contribution in [0.25, 0.3) is 0 Å².